The topological polar surface area (TPSA) is 98.5 Å². The van der Waals surface area contributed by atoms with Crippen molar-refractivity contribution in [3.05, 3.63) is 56.5 Å². The van der Waals surface area contributed by atoms with Gasteiger partial charge in [0.1, 0.15) is 11.3 Å². The van der Waals surface area contributed by atoms with E-state index in [0.29, 0.717) is 28.3 Å². The van der Waals surface area contributed by atoms with Crippen LogP contribution in [-0.2, 0) is 11.3 Å². The number of rotatable bonds is 6. The molecule has 4 rings (SSSR count). The average molecular weight is 414 g/mol. The van der Waals surface area contributed by atoms with Crippen LogP contribution >= 0.6 is 23.6 Å². The van der Waals surface area contributed by atoms with Crippen molar-refractivity contribution in [3.8, 4) is 11.3 Å². The highest BCUT2D eigenvalue weighted by Crippen LogP contribution is 2.34. The second kappa shape index (κ2) is 7.17. The first-order valence-corrected chi connectivity index (χ1v) is 9.68. The third-order valence-electron chi connectivity index (χ3n) is 4.44. The number of benzene rings is 2. The zero-order valence-electron chi connectivity index (χ0n) is 14.5. The molecule has 2 aromatic carbocycles. The van der Waals surface area contributed by atoms with Gasteiger partial charge in [-0.05, 0) is 42.9 Å². The number of carboxylic acids is 1. The second-order valence-electron chi connectivity index (χ2n) is 6.29. The fourth-order valence-electron chi connectivity index (χ4n) is 3.09. The summed E-state index contributed by atoms with van der Waals surface area (Å²) in [5.41, 5.74) is 2.43. The van der Waals surface area contributed by atoms with Crippen molar-refractivity contribution in [2.24, 2.45) is 0 Å². The van der Waals surface area contributed by atoms with Gasteiger partial charge in [0.2, 0.25) is 0 Å². The predicted octanol–water partition coefficient (Wildman–Crippen LogP) is 5.62. The molecule has 0 bridgehead atoms. The molecule has 0 spiro atoms. The Morgan fingerprint density at radius 2 is 2.00 bits per heavy atom. The smallest absolute Gasteiger partial charge is 0.303 e. The Balaban J connectivity index is 1.72. The highest BCUT2D eigenvalue weighted by atomic mass is 32.1. The number of furan rings is 1. The van der Waals surface area contributed by atoms with E-state index >= 15 is 0 Å². The number of aromatic nitrogens is 1. The molecule has 0 fully saturated rings. The lowest BCUT2D eigenvalue weighted by molar-refractivity contribution is -0.384. The van der Waals surface area contributed by atoms with Crippen molar-refractivity contribution >= 4 is 56.4 Å². The van der Waals surface area contributed by atoms with Crippen LogP contribution in [0.4, 0.5) is 5.69 Å². The zero-order valence-corrected chi connectivity index (χ0v) is 16.1. The molecule has 0 atom stereocenters. The van der Waals surface area contributed by atoms with Gasteiger partial charge in [0, 0.05) is 42.1 Å². The number of hydrogen-bond acceptors (Lipinski definition) is 6. The molecule has 0 radical (unpaired) electrons. The Kier molecular flexibility index (Phi) is 4.70. The van der Waals surface area contributed by atoms with Crippen LogP contribution in [0.1, 0.15) is 12.8 Å². The first kappa shape index (κ1) is 18.3. The summed E-state index contributed by atoms with van der Waals surface area (Å²) in [6, 6.07) is 12.0. The number of nitrogens with zero attached hydrogens (tertiary/aromatic N) is 2. The van der Waals surface area contributed by atoms with Gasteiger partial charge in [0.05, 0.1) is 15.1 Å². The van der Waals surface area contributed by atoms with Gasteiger partial charge in [-0.15, -0.1) is 11.3 Å². The summed E-state index contributed by atoms with van der Waals surface area (Å²) in [4.78, 5) is 21.1. The Labute approximate surface area is 167 Å². The maximum absolute atomic E-state index is 10.8. The van der Waals surface area contributed by atoms with E-state index in [-0.39, 0.29) is 12.1 Å². The second-order valence-corrected chi connectivity index (χ2v) is 7.97. The minimum absolute atomic E-state index is 0.0285. The molecule has 4 aromatic rings. The van der Waals surface area contributed by atoms with Crippen molar-refractivity contribution in [3.63, 3.8) is 0 Å². The number of carbonyl (C=O) groups is 1. The van der Waals surface area contributed by atoms with Gasteiger partial charge in [0.25, 0.3) is 5.69 Å². The molecule has 0 saturated heterocycles. The van der Waals surface area contributed by atoms with Crippen LogP contribution in [0.15, 0.2) is 46.9 Å². The van der Waals surface area contributed by atoms with Crippen LogP contribution < -0.4 is 0 Å². The van der Waals surface area contributed by atoms with Crippen molar-refractivity contribution in [1.82, 2.24) is 4.57 Å². The minimum Gasteiger partial charge on any atom is -0.481 e. The van der Waals surface area contributed by atoms with Crippen molar-refractivity contribution in [2.45, 2.75) is 19.4 Å². The Hall–Kier alpha value is -3.04. The zero-order chi connectivity index (χ0) is 19.8. The third-order valence-corrected chi connectivity index (χ3v) is 5.85. The van der Waals surface area contributed by atoms with Crippen molar-refractivity contribution < 1.29 is 19.2 Å². The van der Waals surface area contributed by atoms with E-state index in [1.807, 2.05) is 22.8 Å². The summed E-state index contributed by atoms with van der Waals surface area (Å²) >= 11 is 6.89. The van der Waals surface area contributed by atoms with Gasteiger partial charge in [-0.2, -0.15) is 0 Å². The number of hydrogen-bond donors (Lipinski definition) is 1. The predicted molar refractivity (Wildman–Crippen MR) is 109 cm³/mol. The Bertz CT molecular complexity index is 1270. The lowest BCUT2D eigenvalue weighted by Gasteiger charge is -2.03. The number of nitro benzene ring substituents is 1. The fourth-order valence-corrected chi connectivity index (χ4v) is 4.47. The lowest BCUT2D eigenvalue weighted by atomic mass is 10.1. The summed E-state index contributed by atoms with van der Waals surface area (Å²) in [6.45, 7) is 0.545. The molecule has 2 aromatic heterocycles. The minimum atomic E-state index is -0.823. The molecule has 2 heterocycles. The highest BCUT2D eigenvalue weighted by Gasteiger charge is 2.13. The first-order chi connectivity index (χ1) is 13.4. The van der Waals surface area contributed by atoms with Crippen molar-refractivity contribution in [2.75, 3.05) is 0 Å². The van der Waals surface area contributed by atoms with Gasteiger partial charge in [-0.1, -0.05) is 0 Å². The molecule has 0 aliphatic carbocycles. The molecule has 0 aliphatic rings. The molecule has 7 nitrogen and oxygen atoms in total. The average Bonchev–Trinajstić information content (AvgIpc) is 3.20. The highest BCUT2D eigenvalue weighted by molar-refractivity contribution is 7.73. The first-order valence-electron chi connectivity index (χ1n) is 8.46. The molecule has 0 saturated carbocycles. The number of thiazole rings is 1. The van der Waals surface area contributed by atoms with E-state index in [9.17, 15) is 14.9 Å². The number of fused-ring (bicyclic) bond motifs is 2. The normalized spacial score (nSPS) is 11.3. The maximum Gasteiger partial charge on any atom is 0.303 e. The summed E-state index contributed by atoms with van der Waals surface area (Å²) < 4.78 is 9.56. The summed E-state index contributed by atoms with van der Waals surface area (Å²) in [6.07, 6.45) is 0.601. The fraction of sp³-hybridized carbons (Fsp3) is 0.158. The molecule has 0 unspecified atom stereocenters. The largest absolute Gasteiger partial charge is 0.481 e. The number of carboxylic acid groups (broad SMARTS) is 1. The van der Waals surface area contributed by atoms with E-state index < -0.39 is 10.9 Å². The number of nitro groups is 1. The summed E-state index contributed by atoms with van der Waals surface area (Å²) in [5, 5.41) is 20.5. The number of non-ortho nitro benzene ring substituents is 1. The van der Waals surface area contributed by atoms with Crippen LogP contribution in [0.2, 0.25) is 0 Å². The van der Waals surface area contributed by atoms with E-state index in [1.165, 1.54) is 23.5 Å². The monoisotopic (exact) mass is 414 g/mol. The molecule has 0 aliphatic heterocycles. The van der Waals surface area contributed by atoms with E-state index in [2.05, 4.69) is 0 Å². The molecular weight excluding hydrogens is 400 g/mol. The molecule has 1 N–H and O–H groups in total. The number of aliphatic carboxylic acids is 1. The van der Waals surface area contributed by atoms with Gasteiger partial charge < -0.3 is 14.1 Å². The van der Waals surface area contributed by atoms with Crippen molar-refractivity contribution in [1.29, 1.82) is 0 Å². The quantitative estimate of drug-likeness (QED) is 0.250. The van der Waals surface area contributed by atoms with Crippen LogP contribution in [0.25, 0.3) is 32.5 Å². The van der Waals surface area contributed by atoms with Gasteiger partial charge in [0.15, 0.2) is 3.95 Å². The van der Waals surface area contributed by atoms with Crippen LogP contribution in [0.5, 0.6) is 0 Å². The van der Waals surface area contributed by atoms with E-state index in [4.69, 9.17) is 21.7 Å². The number of aryl methyl sites for hydroxylation is 1. The van der Waals surface area contributed by atoms with Crippen LogP contribution in [0, 0.1) is 14.1 Å². The Morgan fingerprint density at radius 3 is 2.68 bits per heavy atom. The van der Waals surface area contributed by atoms with Gasteiger partial charge in [-0.3, -0.25) is 14.9 Å². The lowest BCUT2D eigenvalue weighted by Crippen LogP contribution is -2.01. The van der Waals surface area contributed by atoms with Crippen LogP contribution in [0.3, 0.4) is 0 Å². The summed E-state index contributed by atoms with van der Waals surface area (Å²) in [7, 11) is 0. The molecule has 9 heteroatoms. The molecule has 0 amide bonds. The molecular formula is C19H14N2O5S2. The molecule has 142 valence electrons. The standard InChI is InChI=1S/C19H14N2O5S2/c22-18(23)2-1-7-20-14-8-12-9-15(11-3-5-13(6-4-11)21(24)25)26-16(12)10-17(14)28-19(20)27/h3-6,8-10H,1-2,7H2,(H,22,23). The van der Waals surface area contributed by atoms with E-state index in [1.54, 1.807) is 12.1 Å². The molecule has 28 heavy (non-hydrogen) atoms. The van der Waals surface area contributed by atoms with Gasteiger partial charge >= 0.3 is 5.97 Å². The van der Waals surface area contributed by atoms with Crippen LogP contribution in [-0.4, -0.2) is 20.6 Å². The Morgan fingerprint density at radius 1 is 1.25 bits per heavy atom. The van der Waals surface area contributed by atoms with Gasteiger partial charge in [-0.25, -0.2) is 0 Å². The summed E-state index contributed by atoms with van der Waals surface area (Å²) in [5.74, 6) is -0.199. The van der Waals surface area contributed by atoms with E-state index in [0.717, 1.165) is 21.2 Å². The SMILES string of the molecule is O=C(O)CCCn1c(=S)sc2cc3oc(-c4ccc([N+](=O)[O-])cc4)cc3cc21. The third kappa shape index (κ3) is 3.41. The maximum atomic E-state index is 10.8.